The zero-order chi connectivity index (χ0) is 47.8. The predicted octanol–water partition coefficient (Wildman–Crippen LogP) is -7.19. The molecule has 7 amide bonds. The predicted molar refractivity (Wildman–Crippen MR) is 215 cm³/mol. The number of carboxylic acid groups (broad SMARTS) is 3. The third-order valence-electron chi connectivity index (χ3n) is 8.60. The smallest absolute Gasteiger partial charge is 0.326 e. The van der Waals surface area contributed by atoms with E-state index in [1.54, 1.807) is 13.8 Å². The Morgan fingerprint density at radius 1 is 0.698 bits per heavy atom. The van der Waals surface area contributed by atoms with Gasteiger partial charge in [-0.15, -0.1) is 0 Å². The average molecular weight is 900 g/mol. The van der Waals surface area contributed by atoms with E-state index in [-0.39, 0.29) is 50.5 Å². The van der Waals surface area contributed by atoms with E-state index in [2.05, 4.69) is 52.2 Å². The molecule has 63 heavy (non-hydrogen) atoms. The molecule has 0 fully saturated rings. The van der Waals surface area contributed by atoms with E-state index in [1.165, 1.54) is 12.5 Å². The van der Waals surface area contributed by atoms with Gasteiger partial charge in [0.1, 0.15) is 36.3 Å². The van der Waals surface area contributed by atoms with Gasteiger partial charge in [-0.2, -0.15) is 0 Å². The highest BCUT2D eigenvalue weighted by molar-refractivity contribution is 5.97. The van der Waals surface area contributed by atoms with Crippen LogP contribution in [-0.2, 0) is 54.4 Å². The fourth-order valence-corrected chi connectivity index (χ4v) is 5.38. The van der Waals surface area contributed by atoms with E-state index in [9.17, 15) is 68.4 Å². The number of nitrogens with zero attached hydrogens (tertiary/aromatic N) is 2. The monoisotopic (exact) mass is 899 g/mol. The van der Waals surface area contributed by atoms with Crippen LogP contribution < -0.4 is 54.4 Å². The van der Waals surface area contributed by atoms with Crippen molar-refractivity contribution < 1.29 is 73.5 Å². The molecule has 0 aromatic carbocycles. The summed E-state index contributed by atoms with van der Waals surface area (Å²) in [6.07, 6.45) is 0.537. The number of aliphatic hydroxyl groups is 2. The minimum Gasteiger partial charge on any atom is -0.481 e. The number of aromatic nitrogens is 2. The van der Waals surface area contributed by atoms with E-state index in [0.29, 0.717) is 5.69 Å². The topological polar surface area (TPSA) is 475 Å². The number of aliphatic imine (C=N–C) groups is 1. The van der Waals surface area contributed by atoms with Gasteiger partial charge in [-0.1, -0.05) is 13.8 Å². The molecule has 0 spiro atoms. The first-order valence-electron chi connectivity index (χ1n) is 19.3. The Labute approximate surface area is 359 Å². The largest absolute Gasteiger partial charge is 0.481 e. The molecule has 0 saturated heterocycles. The Balaban J connectivity index is 3.00. The summed E-state index contributed by atoms with van der Waals surface area (Å²) in [6, 6.07) is -11.0. The zero-order valence-electron chi connectivity index (χ0n) is 34.5. The fraction of sp³-hybridized carbons (Fsp3) is 0.600. The first-order valence-corrected chi connectivity index (χ1v) is 19.3. The van der Waals surface area contributed by atoms with E-state index in [0.717, 1.165) is 0 Å². The van der Waals surface area contributed by atoms with Gasteiger partial charge in [-0.3, -0.25) is 48.1 Å². The number of hydrogen-bond acceptors (Lipinski definition) is 15. The number of aliphatic carboxylic acids is 3. The van der Waals surface area contributed by atoms with Crippen LogP contribution in [-0.4, -0.2) is 169 Å². The summed E-state index contributed by atoms with van der Waals surface area (Å²) in [5, 5.41) is 63.1. The SMILES string of the molecule is CC(C)C[C@H](NC(=O)[C@H](CO)NC(=O)CNC(=O)[C@H](CC(=O)O)NC(=O)[C@H](Cc1cnc[nH]1)NC(=O)[C@@H](N)CCC(=O)O)C(=O)N[C@@H](CO)C(=O)N[C@@H](CCCN=C(N)N)C(=O)O. The quantitative estimate of drug-likeness (QED) is 0.0194. The second-order valence-electron chi connectivity index (χ2n) is 14.3. The van der Waals surface area contributed by atoms with Crippen molar-refractivity contribution in [3.63, 3.8) is 0 Å². The zero-order valence-corrected chi connectivity index (χ0v) is 34.5. The highest BCUT2D eigenvalue weighted by Crippen LogP contribution is 2.08. The molecular formula is C35H57N13O15. The van der Waals surface area contributed by atoms with Crippen LogP contribution in [0.5, 0.6) is 0 Å². The van der Waals surface area contributed by atoms with Crippen molar-refractivity contribution in [1.82, 2.24) is 47.2 Å². The van der Waals surface area contributed by atoms with Gasteiger partial charge in [-0.25, -0.2) is 9.78 Å². The highest BCUT2D eigenvalue weighted by atomic mass is 16.4. The number of rotatable bonds is 30. The highest BCUT2D eigenvalue weighted by Gasteiger charge is 2.33. The van der Waals surface area contributed by atoms with Gasteiger partial charge in [-0.05, 0) is 31.6 Å². The average Bonchev–Trinajstić information content (AvgIpc) is 3.72. The van der Waals surface area contributed by atoms with Crippen molar-refractivity contribution in [3.05, 3.63) is 18.2 Å². The molecule has 7 atom stereocenters. The number of hydrogen-bond donors (Lipinski definition) is 16. The number of aromatic amines is 1. The molecule has 28 nitrogen and oxygen atoms in total. The van der Waals surface area contributed by atoms with Gasteiger partial charge >= 0.3 is 17.9 Å². The fourth-order valence-electron chi connectivity index (χ4n) is 5.38. The standard InChI is InChI=1S/C35H57N13O15/c1-16(2)8-20(30(58)48-24(14-50)33(61)44-19(34(62)63)4-3-7-40-35(37)38)46-32(60)23(13-49)43-25(51)12-41-29(57)22(10-27(54)55)47-31(59)21(9-17-11-39-15-42-17)45-28(56)18(36)5-6-26(52)53/h11,15-16,18-24,49-50H,3-10,12-14,36H2,1-2H3,(H,39,42)(H,41,57)(H,43,51)(H,44,61)(H,45,56)(H,46,60)(H,47,59)(H,48,58)(H,52,53)(H,54,55)(H,62,63)(H4,37,38,40)/t18-,19-,20-,21-,22-,23-,24-/m0/s1. The molecular weight excluding hydrogens is 842 g/mol. The lowest BCUT2D eigenvalue weighted by atomic mass is 10.0. The van der Waals surface area contributed by atoms with Crippen molar-refractivity contribution in [2.45, 2.75) is 101 Å². The van der Waals surface area contributed by atoms with Gasteiger partial charge in [0.25, 0.3) is 0 Å². The normalized spacial score (nSPS) is 14.2. The number of carbonyl (C=O) groups is 10. The number of carbonyl (C=O) groups excluding carboxylic acids is 7. The minimum absolute atomic E-state index is 0.0610. The molecule has 1 aromatic heterocycles. The summed E-state index contributed by atoms with van der Waals surface area (Å²) < 4.78 is 0. The molecule has 0 aliphatic rings. The minimum atomic E-state index is -1.84. The molecule has 1 heterocycles. The van der Waals surface area contributed by atoms with Crippen LogP contribution in [0, 0.1) is 5.92 Å². The second kappa shape index (κ2) is 27.8. The molecule has 19 N–H and O–H groups in total. The first-order chi connectivity index (χ1) is 29.6. The molecule has 0 radical (unpaired) electrons. The molecule has 28 heteroatoms. The Morgan fingerprint density at radius 2 is 1.24 bits per heavy atom. The van der Waals surface area contributed by atoms with E-state index < -0.39 is 134 Å². The summed E-state index contributed by atoms with van der Waals surface area (Å²) in [6.45, 7) is 0.455. The summed E-state index contributed by atoms with van der Waals surface area (Å²) in [5.41, 5.74) is 16.6. The van der Waals surface area contributed by atoms with Crippen LogP contribution >= 0.6 is 0 Å². The Hall–Kier alpha value is -6.94. The molecule has 0 unspecified atom stereocenters. The molecule has 0 saturated carbocycles. The number of aliphatic hydroxyl groups excluding tert-OH is 2. The third kappa shape index (κ3) is 21.4. The molecule has 1 rings (SSSR count). The number of nitrogens with one attached hydrogen (secondary N) is 8. The van der Waals surface area contributed by atoms with E-state index in [4.69, 9.17) is 22.3 Å². The van der Waals surface area contributed by atoms with Crippen LogP contribution in [0.2, 0.25) is 0 Å². The van der Waals surface area contributed by atoms with Crippen LogP contribution in [0.1, 0.15) is 58.1 Å². The van der Waals surface area contributed by atoms with Crippen molar-refractivity contribution >= 4 is 65.2 Å². The maximum atomic E-state index is 13.3. The molecule has 0 aliphatic heterocycles. The summed E-state index contributed by atoms with van der Waals surface area (Å²) in [5.74, 6) is -12.2. The molecule has 352 valence electrons. The van der Waals surface area contributed by atoms with Crippen LogP contribution in [0.3, 0.4) is 0 Å². The summed E-state index contributed by atoms with van der Waals surface area (Å²) in [4.78, 5) is 136. The first kappa shape index (κ1) is 54.1. The van der Waals surface area contributed by atoms with Crippen molar-refractivity contribution in [2.75, 3.05) is 26.3 Å². The van der Waals surface area contributed by atoms with E-state index in [1.807, 2.05) is 0 Å². The van der Waals surface area contributed by atoms with Crippen LogP contribution in [0.4, 0.5) is 0 Å². The lowest BCUT2D eigenvalue weighted by molar-refractivity contribution is -0.143. The number of guanidine groups is 1. The maximum Gasteiger partial charge on any atom is 0.326 e. The van der Waals surface area contributed by atoms with Gasteiger partial charge < -0.3 is 84.9 Å². The Kier molecular flexibility index (Phi) is 23.9. The summed E-state index contributed by atoms with van der Waals surface area (Å²) in [7, 11) is 0. The number of H-pyrrole nitrogens is 1. The van der Waals surface area contributed by atoms with Gasteiger partial charge in [0.05, 0.1) is 38.5 Å². The van der Waals surface area contributed by atoms with E-state index >= 15 is 0 Å². The van der Waals surface area contributed by atoms with Crippen LogP contribution in [0.15, 0.2) is 17.5 Å². The summed E-state index contributed by atoms with van der Waals surface area (Å²) >= 11 is 0. The van der Waals surface area contributed by atoms with Gasteiger partial charge in [0.15, 0.2) is 5.96 Å². The maximum absolute atomic E-state index is 13.3. The lowest BCUT2D eigenvalue weighted by Gasteiger charge is -2.26. The molecule has 1 aromatic rings. The number of carboxylic acids is 3. The Bertz CT molecular complexity index is 1770. The van der Waals surface area contributed by atoms with Crippen molar-refractivity contribution in [3.8, 4) is 0 Å². The third-order valence-corrected chi connectivity index (χ3v) is 8.60. The number of amides is 7. The molecule has 0 aliphatic carbocycles. The number of nitrogens with two attached hydrogens (primary N) is 3. The van der Waals surface area contributed by atoms with Gasteiger partial charge in [0.2, 0.25) is 41.4 Å². The molecule has 0 bridgehead atoms. The number of imidazole rings is 1. The van der Waals surface area contributed by atoms with Crippen molar-refractivity contribution in [2.24, 2.45) is 28.1 Å². The second-order valence-corrected chi connectivity index (χ2v) is 14.3. The Morgan fingerprint density at radius 3 is 1.76 bits per heavy atom. The van der Waals surface area contributed by atoms with Gasteiger partial charge in [0, 0.05) is 31.3 Å². The van der Waals surface area contributed by atoms with Crippen LogP contribution in [0.25, 0.3) is 0 Å². The van der Waals surface area contributed by atoms with Crippen molar-refractivity contribution in [1.29, 1.82) is 0 Å². The lowest BCUT2D eigenvalue weighted by Crippen LogP contribution is -2.59.